The van der Waals surface area contributed by atoms with E-state index in [0.29, 0.717) is 46.3 Å². The molecule has 3 aromatic carbocycles. The molecule has 0 bridgehead atoms. The van der Waals surface area contributed by atoms with Gasteiger partial charge in [-0.05, 0) is 59.9 Å². The zero-order chi connectivity index (χ0) is 29.4. The Hall–Kier alpha value is -5.25. The molecular formula is C32H29N3O7. The predicted octanol–water partition coefficient (Wildman–Crippen LogP) is 4.60. The molecule has 0 amide bonds. The first-order chi connectivity index (χ1) is 20.4. The van der Waals surface area contributed by atoms with E-state index in [1.165, 1.54) is 4.68 Å². The highest BCUT2D eigenvalue weighted by Gasteiger charge is 2.41. The highest BCUT2D eigenvalue weighted by molar-refractivity contribution is 6.01. The molecule has 3 N–H and O–H groups in total. The maximum Gasteiger partial charge on any atom is 0.341 e. The van der Waals surface area contributed by atoms with E-state index in [2.05, 4.69) is 10.4 Å². The number of aromatic amines is 1. The van der Waals surface area contributed by atoms with Gasteiger partial charge in [-0.2, -0.15) is 0 Å². The van der Waals surface area contributed by atoms with Gasteiger partial charge in [-0.25, -0.2) is 9.48 Å². The van der Waals surface area contributed by atoms with Crippen molar-refractivity contribution in [2.75, 3.05) is 26.1 Å². The molecule has 2 atom stereocenters. The second kappa shape index (κ2) is 11.0. The molecule has 214 valence electrons. The lowest BCUT2D eigenvalue weighted by Gasteiger charge is -2.34. The lowest BCUT2D eigenvalue weighted by Crippen LogP contribution is -2.32. The molecular weight excluding hydrogens is 538 g/mol. The smallest absolute Gasteiger partial charge is 0.341 e. The van der Waals surface area contributed by atoms with Crippen LogP contribution in [0, 0.1) is 0 Å². The number of rotatable bonds is 8. The molecule has 1 aliphatic heterocycles. The molecule has 0 saturated carbocycles. The Morgan fingerprint density at radius 1 is 0.929 bits per heavy atom. The standard InChI is InChI=1S/C32H29N3O7/c1-40-25-13-10-19(16-26(25)41-2)20-14-23-29(24(36)15-20)28(18-8-11-22(12-9-18)42-17-27(37)38)30-31(33-23)34-35(32(30)39)21-6-4-3-5-7-21/h3-13,16,20,28,33-34H,14-15,17H2,1-2H3,(H,37,38). The summed E-state index contributed by atoms with van der Waals surface area (Å²) < 4.78 is 17.7. The van der Waals surface area contributed by atoms with Crippen LogP contribution in [-0.2, 0) is 9.59 Å². The molecule has 10 heteroatoms. The second-order valence-corrected chi connectivity index (χ2v) is 10.2. The minimum absolute atomic E-state index is 0.0581. The molecule has 42 heavy (non-hydrogen) atoms. The maximum absolute atomic E-state index is 14.0. The van der Waals surface area contributed by atoms with Crippen LogP contribution in [0.15, 0.2) is 88.9 Å². The summed E-state index contributed by atoms with van der Waals surface area (Å²) in [6, 6.07) is 21.8. The average Bonchev–Trinajstić information content (AvgIpc) is 3.34. The van der Waals surface area contributed by atoms with Crippen molar-refractivity contribution in [2.24, 2.45) is 0 Å². The zero-order valence-electron chi connectivity index (χ0n) is 23.0. The number of hydrogen-bond donors (Lipinski definition) is 3. The van der Waals surface area contributed by atoms with Gasteiger partial charge in [-0.1, -0.05) is 36.4 Å². The van der Waals surface area contributed by atoms with Gasteiger partial charge in [-0.3, -0.25) is 14.7 Å². The van der Waals surface area contributed by atoms with Gasteiger partial charge in [0, 0.05) is 23.6 Å². The number of para-hydroxylation sites is 1. The van der Waals surface area contributed by atoms with E-state index < -0.39 is 18.5 Å². The normalized spacial score (nSPS) is 17.6. The third-order valence-corrected chi connectivity index (χ3v) is 7.76. The van der Waals surface area contributed by atoms with Crippen LogP contribution >= 0.6 is 0 Å². The Bertz CT molecular complexity index is 1750. The summed E-state index contributed by atoms with van der Waals surface area (Å²) in [6.07, 6.45) is 0.809. The third kappa shape index (κ3) is 4.81. The van der Waals surface area contributed by atoms with E-state index in [4.69, 9.17) is 19.3 Å². The van der Waals surface area contributed by atoms with Crippen molar-refractivity contribution >= 4 is 17.6 Å². The van der Waals surface area contributed by atoms with Crippen LogP contribution in [0.2, 0.25) is 0 Å². The van der Waals surface area contributed by atoms with Gasteiger partial charge in [0.2, 0.25) is 0 Å². The highest BCUT2D eigenvalue weighted by atomic mass is 16.5. The van der Waals surface area contributed by atoms with E-state index in [1.807, 2.05) is 48.5 Å². The average molecular weight is 568 g/mol. The summed E-state index contributed by atoms with van der Waals surface area (Å²) in [5.41, 5.74) is 3.82. The number of allylic oxidation sites excluding steroid dienone is 2. The number of H-pyrrole nitrogens is 1. The van der Waals surface area contributed by atoms with Crippen LogP contribution in [0.1, 0.15) is 41.4 Å². The molecule has 1 aliphatic carbocycles. The summed E-state index contributed by atoms with van der Waals surface area (Å²) >= 11 is 0. The van der Waals surface area contributed by atoms with Gasteiger partial charge >= 0.3 is 5.97 Å². The number of aliphatic carboxylic acids is 1. The van der Waals surface area contributed by atoms with Crippen LogP contribution in [-0.4, -0.2) is 47.5 Å². The van der Waals surface area contributed by atoms with E-state index in [9.17, 15) is 14.4 Å². The predicted molar refractivity (Wildman–Crippen MR) is 155 cm³/mol. The number of aromatic nitrogens is 2. The van der Waals surface area contributed by atoms with Crippen molar-refractivity contribution in [1.82, 2.24) is 9.78 Å². The van der Waals surface area contributed by atoms with Gasteiger partial charge in [0.15, 0.2) is 23.9 Å². The number of hydrogen-bond acceptors (Lipinski definition) is 7. The van der Waals surface area contributed by atoms with E-state index in [1.54, 1.807) is 38.5 Å². The molecule has 0 saturated heterocycles. The fourth-order valence-corrected chi connectivity index (χ4v) is 5.83. The molecule has 0 spiro atoms. The van der Waals surface area contributed by atoms with E-state index in [0.717, 1.165) is 16.8 Å². The maximum atomic E-state index is 14.0. The Morgan fingerprint density at radius 2 is 1.64 bits per heavy atom. The molecule has 4 aromatic rings. The molecule has 2 unspecified atom stereocenters. The molecule has 1 aromatic heterocycles. The van der Waals surface area contributed by atoms with Crippen LogP contribution in [0.3, 0.4) is 0 Å². The molecule has 2 aliphatic rings. The monoisotopic (exact) mass is 567 g/mol. The van der Waals surface area contributed by atoms with Crippen LogP contribution < -0.4 is 25.1 Å². The molecule has 0 radical (unpaired) electrons. The number of anilines is 1. The number of carboxylic acid groups (broad SMARTS) is 1. The minimum Gasteiger partial charge on any atom is -0.493 e. The molecule has 0 fully saturated rings. The SMILES string of the molecule is COc1ccc(C2CC(=O)C3=C(C2)Nc2[nH]n(-c4ccccc4)c(=O)c2C3c2ccc(OCC(=O)O)cc2)cc1OC. The van der Waals surface area contributed by atoms with Crippen molar-refractivity contribution in [3.8, 4) is 22.9 Å². The van der Waals surface area contributed by atoms with Crippen LogP contribution in [0.4, 0.5) is 5.82 Å². The fraction of sp³-hybridized carbons (Fsp3) is 0.219. The number of carboxylic acids is 1. The highest BCUT2D eigenvalue weighted by Crippen LogP contribution is 2.47. The fourth-order valence-electron chi connectivity index (χ4n) is 5.83. The Balaban J connectivity index is 1.44. The Morgan fingerprint density at radius 3 is 2.33 bits per heavy atom. The molecule has 10 nitrogen and oxygen atoms in total. The lowest BCUT2D eigenvalue weighted by atomic mass is 9.73. The summed E-state index contributed by atoms with van der Waals surface area (Å²) in [4.78, 5) is 38.8. The number of carbonyl (C=O) groups is 2. The lowest BCUT2D eigenvalue weighted by molar-refractivity contribution is -0.139. The minimum atomic E-state index is -1.08. The van der Waals surface area contributed by atoms with Gasteiger partial charge < -0.3 is 24.6 Å². The van der Waals surface area contributed by atoms with Crippen molar-refractivity contribution in [1.29, 1.82) is 0 Å². The third-order valence-electron chi connectivity index (χ3n) is 7.76. The summed E-state index contributed by atoms with van der Waals surface area (Å²) in [5.74, 6) is 0.230. The van der Waals surface area contributed by atoms with E-state index >= 15 is 0 Å². The van der Waals surface area contributed by atoms with Crippen molar-refractivity contribution in [2.45, 2.75) is 24.7 Å². The zero-order valence-corrected chi connectivity index (χ0v) is 23.0. The number of nitrogens with one attached hydrogen (secondary N) is 2. The Labute approximate surface area is 241 Å². The van der Waals surface area contributed by atoms with Gasteiger partial charge in [0.25, 0.3) is 5.56 Å². The second-order valence-electron chi connectivity index (χ2n) is 10.2. The number of fused-ring (bicyclic) bond motifs is 1. The van der Waals surface area contributed by atoms with Gasteiger partial charge in [0.05, 0.1) is 25.5 Å². The van der Waals surface area contributed by atoms with Crippen molar-refractivity contribution in [3.63, 3.8) is 0 Å². The first kappa shape index (κ1) is 26.9. The largest absolute Gasteiger partial charge is 0.493 e. The number of benzene rings is 3. The first-order valence-corrected chi connectivity index (χ1v) is 13.5. The number of nitrogens with zero attached hydrogens (tertiary/aromatic N) is 1. The van der Waals surface area contributed by atoms with Gasteiger partial charge in [0.1, 0.15) is 11.6 Å². The quantitative estimate of drug-likeness (QED) is 0.281. The summed E-state index contributed by atoms with van der Waals surface area (Å²) in [5, 5.41) is 15.6. The van der Waals surface area contributed by atoms with Crippen molar-refractivity contribution in [3.05, 3.63) is 111 Å². The Kier molecular flexibility index (Phi) is 7.03. The summed E-state index contributed by atoms with van der Waals surface area (Å²) in [6.45, 7) is -0.470. The van der Waals surface area contributed by atoms with Crippen molar-refractivity contribution < 1.29 is 28.9 Å². The number of carbonyl (C=O) groups excluding carboxylic acids is 1. The number of ether oxygens (including phenoxy) is 3. The van der Waals surface area contributed by atoms with Crippen LogP contribution in [0.25, 0.3) is 5.69 Å². The molecule has 2 heterocycles. The number of Topliss-reactive ketones (excluding diaryl/α,β-unsaturated/α-hetero) is 1. The van der Waals surface area contributed by atoms with E-state index in [-0.39, 0.29) is 23.7 Å². The van der Waals surface area contributed by atoms with Gasteiger partial charge in [-0.15, -0.1) is 0 Å². The van der Waals surface area contributed by atoms with Crippen LogP contribution in [0.5, 0.6) is 17.2 Å². The topological polar surface area (TPSA) is 132 Å². The number of ketones is 1. The first-order valence-electron chi connectivity index (χ1n) is 13.5. The summed E-state index contributed by atoms with van der Waals surface area (Å²) in [7, 11) is 3.16. The number of methoxy groups -OCH3 is 2. The molecule has 6 rings (SSSR count).